The van der Waals surface area contributed by atoms with Crippen molar-refractivity contribution in [3.63, 3.8) is 0 Å². The maximum Gasteiger partial charge on any atom is -0.00773 e. The van der Waals surface area contributed by atoms with Gasteiger partial charge in [-0.15, -0.1) is 0 Å². The lowest BCUT2D eigenvalue weighted by Gasteiger charge is -2.16. The summed E-state index contributed by atoms with van der Waals surface area (Å²) in [5, 5.41) is 0. The number of unbranched alkanes of at least 4 members (excludes halogenated alkanes) is 3. The van der Waals surface area contributed by atoms with Gasteiger partial charge in [0.05, 0.1) is 0 Å². The Morgan fingerprint density at radius 1 is 1.00 bits per heavy atom. The van der Waals surface area contributed by atoms with Crippen molar-refractivity contribution in [1.82, 2.24) is 0 Å². The molecule has 0 aliphatic heterocycles. The van der Waals surface area contributed by atoms with Crippen molar-refractivity contribution in [2.45, 2.75) is 77.6 Å². The van der Waals surface area contributed by atoms with Crippen LogP contribution in [-0.2, 0) is 0 Å². The number of nitrogens with two attached hydrogens (primary N) is 1. The third-order valence-corrected chi connectivity index (χ3v) is 3.96. The first kappa shape index (κ1) is 14.0. The summed E-state index contributed by atoms with van der Waals surface area (Å²) < 4.78 is 0. The standard InChI is InChI=1S/C15H31N/c1-2-3-4-7-14(8-5-6-13-16)9-10-15-11-12-15/h14-15H,2-13,16H2,1H3. The molecule has 1 heteroatoms. The van der Waals surface area contributed by atoms with E-state index in [0.29, 0.717) is 0 Å². The summed E-state index contributed by atoms with van der Waals surface area (Å²) in [7, 11) is 0. The van der Waals surface area contributed by atoms with Crippen LogP contribution in [0.5, 0.6) is 0 Å². The number of hydrogen-bond acceptors (Lipinski definition) is 1. The fourth-order valence-electron chi connectivity index (χ4n) is 2.57. The van der Waals surface area contributed by atoms with Gasteiger partial charge in [0.2, 0.25) is 0 Å². The average molecular weight is 225 g/mol. The van der Waals surface area contributed by atoms with Crippen LogP contribution in [0, 0.1) is 11.8 Å². The van der Waals surface area contributed by atoms with Gasteiger partial charge in [0.15, 0.2) is 0 Å². The summed E-state index contributed by atoms with van der Waals surface area (Å²) in [6.07, 6.45) is 15.8. The van der Waals surface area contributed by atoms with Gasteiger partial charge in [-0.1, -0.05) is 71.1 Å². The van der Waals surface area contributed by atoms with Crippen LogP contribution in [0.2, 0.25) is 0 Å². The van der Waals surface area contributed by atoms with E-state index in [-0.39, 0.29) is 0 Å². The van der Waals surface area contributed by atoms with Gasteiger partial charge in [0, 0.05) is 0 Å². The molecule has 1 saturated carbocycles. The lowest BCUT2D eigenvalue weighted by Crippen LogP contribution is -2.04. The molecule has 0 saturated heterocycles. The van der Waals surface area contributed by atoms with E-state index in [1.54, 1.807) is 0 Å². The van der Waals surface area contributed by atoms with Gasteiger partial charge in [-0.2, -0.15) is 0 Å². The highest BCUT2D eigenvalue weighted by atomic mass is 14.5. The van der Waals surface area contributed by atoms with Gasteiger partial charge in [-0.25, -0.2) is 0 Å². The number of rotatable bonds is 11. The molecule has 0 spiro atoms. The lowest BCUT2D eigenvalue weighted by molar-refractivity contribution is 0.371. The van der Waals surface area contributed by atoms with Crippen LogP contribution in [0.25, 0.3) is 0 Å². The molecule has 1 unspecified atom stereocenters. The van der Waals surface area contributed by atoms with Crippen LogP contribution < -0.4 is 5.73 Å². The summed E-state index contributed by atoms with van der Waals surface area (Å²) in [6, 6.07) is 0. The first-order valence-electron chi connectivity index (χ1n) is 7.56. The zero-order chi connectivity index (χ0) is 11.6. The van der Waals surface area contributed by atoms with E-state index in [2.05, 4.69) is 6.92 Å². The average Bonchev–Trinajstić information content (AvgIpc) is 3.09. The van der Waals surface area contributed by atoms with Crippen molar-refractivity contribution < 1.29 is 0 Å². The van der Waals surface area contributed by atoms with Gasteiger partial charge in [0.1, 0.15) is 0 Å². The quantitative estimate of drug-likeness (QED) is 0.515. The summed E-state index contributed by atoms with van der Waals surface area (Å²) in [6.45, 7) is 3.18. The molecule has 1 atom stereocenters. The van der Waals surface area contributed by atoms with Gasteiger partial charge in [-0.05, 0) is 24.8 Å². The SMILES string of the molecule is CCCCCC(CCCCN)CCC1CC1. The van der Waals surface area contributed by atoms with E-state index in [1.807, 2.05) is 0 Å². The molecule has 0 radical (unpaired) electrons. The molecule has 1 rings (SSSR count). The predicted molar refractivity (Wildman–Crippen MR) is 72.5 cm³/mol. The molecule has 0 aromatic heterocycles. The van der Waals surface area contributed by atoms with E-state index in [9.17, 15) is 0 Å². The molecule has 0 amide bonds. The second-order valence-corrected chi connectivity index (χ2v) is 5.67. The minimum absolute atomic E-state index is 0.879. The zero-order valence-corrected chi connectivity index (χ0v) is 11.2. The maximum absolute atomic E-state index is 5.57. The van der Waals surface area contributed by atoms with Crippen LogP contribution in [0.3, 0.4) is 0 Å². The monoisotopic (exact) mass is 225 g/mol. The molecule has 0 heterocycles. The summed E-state index contributed by atoms with van der Waals surface area (Å²) >= 11 is 0. The summed E-state index contributed by atoms with van der Waals surface area (Å²) in [4.78, 5) is 0. The van der Waals surface area contributed by atoms with Crippen LogP contribution in [-0.4, -0.2) is 6.54 Å². The highest BCUT2D eigenvalue weighted by Gasteiger charge is 2.22. The molecule has 0 bridgehead atoms. The van der Waals surface area contributed by atoms with Gasteiger partial charge in [-0.3, -0.25) is 0 Å². The summed E-state index contributed by atoms with van der Waals surface area (Å²) in [5.74, 6) is 2.13. The molecule has 1 nitrogen and oxygen atoms in total. The topological polar surface area (TPSA) is 26.0 Å². The van der Waals surface area contributed by atoms with Gasteiger partial charge >= 0.3 is 0 Å². The minimum atomic E-state index is 0.879. The third-order valence-electron chi connectivity index (χ3n) is 3.96. The third kappa shape index (κ3) is 7.27. The fraction of sp³-hybridized carbons (Fsp3) is 1.00. The number of hydrogen-bond donors (Lipinski definition) is 1. The highest BCUT2D eigenvalue weighted by Crippen LogP contribution is 2.36. The van der Waals surface area contributed by atoms with Crippen molar-refractivity contribution in [2.24, 2.45) is 17.6 Å². The molecule has 2 N–H and O–H groups in total. The van der Waals surface area contributed by atoms with Crippen LogP contribution in [0.15, 0.2) is 0 Å². The molecule has 1 aliphatic rings. The van der Waals surface area contributed by atoms with Crippen molar-refractivity contribution >= 4 is 0 Å². The first-order valence-corrected chi connectivity index (χ1v) is 7.56. The molecule has 0 aromatic carbocycles. The van der Waals surface area contributed by atoms with Crippen molar-refractivity contribution in [3.8, 4) is 0 Å². The van der Waals surface area contributed by atoms with E-state index in [4.69, 9.17) is 5.73 Å². The molecule has 16 heavy (non-hydrogen) atoms. The molecular weight excluding hydrogens is 194 g/mol. The second-order valence-electron chi connectivity index (χ2n) is 5.67. The van der Waals surface area contributed by atoms with Crippen LogP contribution in [0.4, 0.5) is 0 Å². The van der Waals surface area contributed by atoms with E-state index < -0.39 is 0 Å². The molecular formula is C15H31N. The van der Waals surface area contributed by atoms with Gasteiger partial charge in [0.25, 0.3) is 0 Å². The van der Waals surface area contributed by atoms with Crippen molar-refractivity contribution in [1.29, 1.82) is 0 Å². The molecule has 1 aliphatic carbocycles. The van der Waals surface area contributed by atoms with Gasteiger partial charge < -0.3 is 5.73 Å². The first-order chi connectivity index (χ1) is 7.86. The minimum Gasteiger partial charge on any atom is -0.330 e. The summed E-state index contributed by atoms with van der Waals surface area (Å²) in [5.41, 5.74) is 5.57. The van der Waals surface area contributed by atoms with Crippen molar-refractivity contribution in [3.05, 3.63) is 0 Å². The Kier molecular flexibility index (Phi) is 7.92. The maximum atomic E-state index is 5.57. The lowest BCUT2D eigenvalue weighted by atomic mass is 9.90. The highest BCUT2D eigenvalue weighted by molar-refractivity contribution is 4.74. The predicted octanol–water partition coefficient (Wildman–Crippen LogP) is 4.50. The van der Waals surface area contributed by atoms with Crippen LogP contribution in [0.1, 0.15) is 77.6 Å². The Morgan fingerprint density at radius 3 is 2.25 bits per heavy atom. The largest absolute Gasteiger partial charge is 0.330 e. The molecule has 96 valence electrons. The van der Waals surface area contributed by atoms with E-state index in [0.717, 1.165) is 18.4 Å². The van der Waals surface area contributed by atoms with Crippen LogP contribution >= 0.6 is 0 Å². The normalized spacial score (nSPS) is 17.6. The molecule has 1 fully saturated rings. The fourth-order valence-corrected chi connectivity index (χ4v) is 2.57. The van der Waals surface area contributed by atoms with E-state index >= 15 is 0 Å². The van der Waals surface area contributed by atoms with E-state index in [1.165, 1.54) is 70.6 Å². The zero-order valence-electron chi connectivity index (χ0n) is 11.2. The molecule has 0 aromatic rings. The van der Waals surface area contributed by atoms with Crippen molar-refractivity contribution in [2.75, 3.05) is 6.54 Å². The Labute approximate surface area is 102 Å². The Morgan fingerprint density at radius 2 is 1.69 bits per heavy atom. The second kappa shape index (κ2) is 9.04. The Hall–Kier alpha value is -0.0400. The Balaban J connectivity index is 2.06. The Bertz CT molecular complexity index is 142. The smallest absolute Gasteiger partial charge is 0.00773 e.